The van der Waals surface area contributed by atoms with Crippen molar-refractivity contribution in [3.63, 3.8) is 0 Å². The molecule has 0 bridgehead atoms. The van der Waals surface area contributed by atoms with Gasteiger partial charge < -0.3 is 9.30 Å². The first kappa shape index (κ1) is 12.0. The van der Waals surface area contributed by atoms with E-state index in [9.17, 15) is 9.59 Å². The van der Waals surface area contributed by atoms with E-state index in [1.165, 1.54) is 24.2 Å². The first-order chi connectivity index (χ1) is 8.11. The number of carbonyl (C=O) groups excluding carboxylic acids is 1. The molecule has 0 atom stereocenters. The van der Waals surface area contributed by atoms with E-state index in [0.29, 0.717) is 17.9 Å². The number of carbonyl (C=O) groups is 1. The topological polar surface area (TPSA) is 48.3 Å². The summed E-state index contributed by atoms with van der Waals surface area (Å²) in [7, 11) is 6.94. The Balaban J connectivity index is 2.34. The maximum Gasteiger partial charge on any atom is 0.343 e. The molecule has 0 amide bonds. The van der Waals surface area contributed by atoms with Gasteiger partial charge in [-0.25, -0.2) is 4.79 Å². The number of aromatic nitrogens is 1. The van der Waals surface area contributed by atoms with Crippen molar-refractivity contribution in [3.05, 3.63) is 28.2 Å². The fraction of sp³-hybridized carbons (Fsp3) is 0.500. The molecular weight excluding hydrogens is 217 g/mol. The van der Waals surface area contributed by atoms with Crippen LogP contribution in [0.4, 0.5) is 0 Å². The molecule has 2 rings (SSSR count). The molecule has 0 saturated heterocycles. The van der Waals surface area contributed by atoms with Crippen LogP contribution in [-0.2, 0) is 11.3 Å². The maximum atomic E-state index is 12.0. The standard InChI is InChI=1S/C12H14BNO3/c1-17-12(16)10-5-9(13)7-14(11(10)15)6-8-3-2-4-8/h5,7-8H,2-4,6H2,1H3. The van der Waals surface area contributed by atoms with Crippen molar-refractivity contribution >= 4 is 19.3 Å². The van der Waals surface area contributed by atoms with Crippen molar-refractivity contribution in [1.82, 2.24) is 4.57 Å². The molecule has 1 aliphatic carbocycles. The molecule has 2 radical (unpaired) electrons. The van der Waals surface area contributed by atoms with Crippen molar-refractivity contribution in [2.45, 2.75) is 25.8 Å². The Morgan fingerprint density at radius 3 is 2.82 bits per heavy atom. The van der Waals surface area contributed by atoms with Crippen molar-refractivity contribution < 1.29 is 9.53 Å². The smallest absolute Gasteiger partial charge is 0.343 e. The van der Waals surface area contributed by atoms with Gasteiger partial charge in [0.25, 0.3) is 5.56 Å². The summed E-state index contributed by atoms with van der Waals surface area (Å²) in [5.41, 5.74) is 0.0918. The highest BCUT2D eigenvalue weighted by Gasteiger charge is 2.20. The molecule has 1 aromatic rings. The number of pyridine rings is 1. The highest BCUT2D eigenvalue weighted by molar-refractivity contribution is 6.32. The molecule has 17 heavy (non-hydrogen) atoms. The van der Waals surface area contributed by atoms with E-state index in [2.05, 4.69) is 4.74 Å². The number of ether oxygens (including phenoxy) is 1. The lowest BCUT2D eigenvalue weighted by Gasteiger charge is -2.26. The van der Waals surface area contributed by atoms with Crippen LogP contribution in [0.2, 0.25) is 0 Å². The van der Waals surface area contributed by atoms with Gasteiger partial charge in [0, 0.05) is 12.7 Å². The van der Waals surface area contributed by atoms with Gasteiger partial charge in [-0.05, 0) is 24.8 Å². The van der Waals surface area contributed by atoms with Gasteiger partial charge >= 0.3 is 5.97 Å². The van der Waals surface area contributed by atoms with E-state index in [-0.39, 0.29) is 11.1 Å². The molecule has 1 aliphatic rings. The van der Waals surface area contributed by atoms with E-state index in [1.807, 2.05) is 0 Å². The normalized spacial score (nSPS) is 15.4. The van der Waals surface area contributed by atoms with Gasteiger partial charge in [0.1, 0.15) is 13.4 Å². The first-order valence-electron chi connectivity index (χ1n) is 5.70. The molecule has 0 aromatic carbocycles. The van der Waals surface area contributed by atoms with Gasteiger partial charge in [0.2, 0.25) is 0 Å². The zero-order chi connectivity index (χ0) is 12.4. The summed E-state index contributed by atoms with van der Waals surface area (Å²) in [5, 5.41) is 0. The predicted molar refractivity (Wildman–Crippen MR) is 64.8 cm³/mol. The van der Waals surface area contributed by atoms with Crippen LogP contribution in [0.3, 0.4) is 0 Å². The van der Waals surface area contributed by atoms with E-state index < -0.39 is 5.97 Å². The third-order valence-corrected chi connectivity index (χ3v) is 3.19. The lowest BCUT2D eigenvalue weighted by Crippen LogP contribution is -2.33. The third kappa shape index (κ3) is 2.43. The fourth-order valence-electron chi connectivity index (χ4n) is 2.00. The van der Waals surface area contributed by atoms with Crippen LogP contribution in [0, 0.1) is 5.92 Å². The van der Waals surface area contributed by atoms with Crippen LogP contribution in [0.5, 0.6) is 0 Å². The molecule has 1 fully saturated rings. The molecule has 4 nitrogen and oxygen atoms in total. The van der Waals surface area contributed by atoms with Gasteiger partial charge in [0.15, 0.2) is 0 Å². The van der Waals surface area contributed by atoms with Crippen molar-refractivity contribution in [2.24, 2.45) is 5.92 Å². The molecule has 1 heterocycles. The minimum Gasteiger partial charge on any atom is -0.465 e. The molecular formula is C12H14BNO3. The summed E-state index contributed by atoms with van der Waals surface area (Å²) in [4.78, 5) is 23.4. The minimum absolute atomic E-state index is 0.00632. The molecule has 0 aliphatic heterocycles. The van der Waals surface area contributed by atoms with Crippen LogP contribution in [0.1, 0.15) is 29.6 Å². The van der Waals surface area contributed by atoms with Crippen molar-refractivity contribution in [3.8, 4) is 0 Å². The quantitative estimate of drug-likeness (QED) is 0.552. The Labute approximate surface area is 101 Å². The highest BCUT2D eigenvalue weighted by Crippen LogP contribution is 2.27. The van der Waals surface area contributed by atoms with Crippen LogP contribution in [0.25, 0.3) is 0 Å². The Morgan fingerprint density at radius 2 is 2.29 bits per heavy atom. The third-order valence-electron chi connectivity index (χ3n) is 3.19. The van der Waals surface area contributed by atoms with E-state index in [0.717, 1.165) is 12.8 Å². The Hall–Kier alpha value is -1.52. The summed E-state index contributed by atoms with van der Waals surface area (Å²) in [6.45, 7) is 0.633. The Kier molecular flexibility index (Phi) is 3.36. The second-order valence-electron chi connectivity index (χ2n) is 4.43. The molecule has 88 valence electrons. The average molecular weight is 231 g/mol. The first-order valence-corrected chi connectivity index (χ1v) is 5.70. The highest BCUT2D eigenvalue weighted by atomic mass is 16.5. The van der Waals surface area contributed by atoms with Crippen molar-refractivity contribution in [1.29, 1.82) is 0 Å². The molecule has 1 aromatic heterocycles. The second-order valence-corrected chi connectivity index (χ2v) is 4.43. The summed E-state index contributed by atoms with van der Waals surface area (Å²) < 4.78 is 6.08. The lowest BCUT2D eigenvalue weighted by molar-refractivity contribution is 0.0597. The maximum absolute atomic E-state index is 12.0. The van der Waals surface area contributed by atoms with Crippen LogP contribution < -0.4 is 11.0 Å². The van der Waals surface area contributed by atoms with Gasteiger partial charge in [-0.15, -0.1) is 0 Å². The Morgan fingerprint density at radius 1 is 1.59 bits per heavy atom. The number of esters is 1. The zero-order valence-corrected chi connectivity index (χ0v) is 9.81. The molecule has 0 N–H and O–H groups in total. The SMILES string of the molecule is [B]c1cc(C(=O)OC)c(=O)n(CC2CCC2)c1. The summed E-state index contributed by atoms with van der Waals surface area (Å²) in [6, 6.07) is 1.37. The van der Waals surface area contributed by atoms with Gasteiger partial charge in [0.05, 0.1) is 7.11 Å². The summed E-state index contributed by atoms with van der Waals surface area (Å²) in [6.07, 6.45) is 5.07. The summed E-state index contributed by atoms with van der Waals surface area (Å²) >= 11 is 0. The van der Waals surface area contributed by atoms with Crippen LogP contribution in [0.15, 0.2) is 17.1 Å². The Bertz CT molecular complexity index is 491. The lowest BCUT2D eigenvalue weighted by atomic mass is 9.85. The average Bonchev–Trinajstić information content (AvgIpc) is 2.26. The van der Waals surface area contributed by atoms with Crippen LogP contribution >= 0.6 is 0 Å². The molecule has 5 heteroatoms. The minimum atomic E-state index is -0.635. The molecule has 1 saturated carbocycles. The monoisotopic (exact) mass is 231 g/mol. The predicted octanol–water partition coefficient (Wildman–Crippen LogP) is 0.229. The largest absolute Gasteiger partial charge is 0.465 e. The molecule has 0 unspecified atom stereocenters. The fourth-order valence-corrected chi connectivity index (χ4v) is 2.00. The zero-order valence-electron chi connectivity index (χ0n) is 9.81. The van der Waals surface area contributed by atoms with Crippen LogP contribution in [-0.4, -0.2) is 25.5 Å². The van der Waals surface area contributed by atoms with Gasteiger partial charge in [-0.2, -0.15) is 0 Å². The van der Waals surface area contributed by atoms with E-state index >= 15 is 0 Å². The number of hydrogen-bond donors (Lipinski definition) is 0. The van der Waals surface area contributed by atoms with Gasteiger partial charge in [-0.1, -0.05) is 11.9 Å². The number of hydrogen-bond acceptors (Lipinski definition) is 3. The number of nitrogens with zero attached hydrogens (tertiary/aromatic N) is 1. The number of rotatable bonds is 3. The van der Waals surface area contributed by atoms with Gasteiger partial charge in [-0.3, -0.25) is 4.79 Å². The summed E-state index contributed by atoms with van der Waals surface area (Å²) in [5.74, 6) is -0.107. The van der Waals surface area contributed by atoms with E-state index in [1.54, 1.807) is 6.20 Å². The van der Waals surface area contributed by atoms with Crippen molar-refractivity contribution in [2.75, 3.05) is 7.11 Å². The molecule has 0 spiro atoms. The second kappa shape index (κ2) is 4.78. The number of methoxy groups -OCH3 is 1. The van der Waals surface area contributed by atoms with E-state index in [4.69, 9.17) is 7.85 Å².